The van der Waals surface area contributed by atoms with Crippen molar-refractivity contribution >= 4 is 28.1 Å². The van der Waals surface area contributed by atoms with Crippen molar-refractivity contribution in [3.63, 3.8) is 0 Å². The zero-order chi connectivity index (χ0) is 14.0. The first-order chi connectivity index (χ1) is 9.63. The lowest BCUT2D eigenvalue weighted by Gasteiger charge is -2.37. The van der Waals surface area contributed by atoms with Gasteiger partial charge in [-0.25, -0.2) is 0 Å². The molecule has 0 unspecified atom stereocenters. The maximum atomic E-state index is 5.88. The summed E-state index contributed by atoms with van der Waals surface area (Å²) >= 11 is 7.48. The average molecular weight is 310 g/mol. The minimum absolute atomic E-state index is 0.238. The van der Waals surface area contributed by atoms with Gasteiger partial charge in [-0.2, -0.15) is 0 Å². The van der Waals surface area contributed by atoms with E-state index < -0.39 is 0 Å². The molecule has 0 bridgehead atoms. The van der Waals surface area contributed by atoms with E-state index in [9.17, 15) is 0 Å². The zero-order valence-corrected chi connectivity index (χ0v) is 12.8. The first kappa shape index (κ1) is 13.8. The normalized spacial score (nSPS) is 16.7. The molecule has 1 aromatic carbocycles. The monoisotopic (exact) mass is 309 g/mol. The molecule has 2 aromatic rings. The Balaban J connectivity index is 1.57. The van der Waals surface area contributed by atoms with Crippen LogP contribution in [0.3, 0.4) is 0 Å². The number of benzene rings is 1. The van der Waals surface area contributed by atoms with Crippen molar-refractivity contribution < 1.29 is 4.74 Å². The fourth-order valence-electron chi connectivity index (χ4n) is 2.01. The Morgan fingerprint density at radius 1 is 1.30 bits per heavy atom. The Morgan fingerprint density at radius 3 is 2.70 bits per heavy atom. The van der Waals surface area contributed by atoms with Crippen LogP contribution in [-0.4, -0.2) is 30.0 Å². The van der Waals surface area contributed by atoms with Gasteiger partial charge in [0.25, 0.3) is 0 Å². The lowest BCUT2D eigenvalue weighted by molar-refractivity contribution is -0.0924. The molecule has 1 aromatic heterocycles. The predicted octanol–water partition coefficient (Wildman–Crippen LogP) is 3.23. The van der Waals surface area contributed by atoms with Crippen LogP contribution in [0.15, 0.2) is 24.3 Å². The lowest BCUT2D eigenvalue weighted by Crippen LogP contribution is -2.45. The molecule has 6 heteroatoms. The maximum absolute atomic E-state index is 5.88. The number of anilines is 1. The number of rotatable bonds is 5. The minimum atomic E-state index is 0.238. The van der Waals surface area contributed by atoms with Gasteiger partial charge in [0, 0.05) is 23.4 Å². The van der Waals surface area contributed by atoms with Crippen molar-refractivity contribution in [1.82, 2.24) is 10.2 Å². The Morgan fingerprint density at radius 2 is 2.05 bits per heavy atom. The molecule has 1 N–H and O–H groups in total. The quantitative estimate of drug-likeness (QED) is 0.921. The van der Waals surface area contributed by atoms with E-state index >= 15 is 0 Å². The van der Waals surface area contributed by atoms with Gasteiger partial charge in [0.1, 0.15) is 5.01 Å². The summed E-state index contributed by atoms with van der Waals surface area (Å²) in [6.45, 7) is 4.72. The highest BCUT2D eigenvalue weighted by molar-refractivity contribution is 7.15. The third-order valence-electron chi connectivity index (χ3n) is 3.30. The summed E-state index contributed by atoms with van der Waals surface area (Å²) in [5.74, 6) is 0. The van der Waals surface area contributed by atoms with Gasteiger partial charge in [-0.3, -0.25) is 0 Å². The molecule has 20 heavy (non-hydrogen) atoms. The molecule has 0 amide bonds. The molecule has 1 aliphatic heterocycles. The second-order valence-electron chi connectivity index (χ2n) is 5.46. The Bertz CT molecular complexity index is 580. The van der Waals surface area contributed by atoms with Crippen LogP contribution in [0.2, 0.25) is 5.02 Å². The molecule has 1 fully saturated rings. The van der Waals surface area contributed by atoms with Crippen molar-refractivity contribution in [3.05, 3.63) is 39.9 Å². The number of ether oxygens (including phenoxy) is 1. The van der Waals surface area contributed by atoms with E-state index in [1.807, 2.05) is 24.3 Å². The van der Waals surface area contributed by atoms with Gasteiger partial charge in [0.2, 0.25) is 5.13 Å². The lowest BCUT2D eigenvalue weighted by atomic mass is 9.89. The molecule has 0 aliphatic carbocycles. The molecule has 3 rings (SSSR count). The van der Waals surface area contributed by atoms with E-state index in [2.05, 4.69) is 22.4 Å². The largest absolute Gasteiger partial charge is 0.380 e. The van der Waals surface area contributed by atoms with Crippen LogP contribution in [0.4, 0.5) is 5.13 Å². The summed E-state index contributed by atoms with van der Waals surface area (Å²) in [7, 11) is 0. The number of halogens is 1. The Kier molecular flexibility index (Phi) is 3.92. The molecule has 0 spiro atoms. The molecule has 106 valence electrons. The van der Waals surface area contributed by atoms with E-state index in [4.69, 9.17) is 16.3 Å². The first-order valence-corrected chi connectivity index (χ1v) is 7.71. The minimum Gasteiger partial charge on any atom is -0.380 e. The zero-order valence-electron chi connectivity index (χ0n) is 11.2. The second kappa shape index (κ2) is 5.68. The third-order valence-corrected chi connectivity index (χ3v) is 4.44. The molecule has 0 atom stereocenters. The first-order valence-electron chi connectivity index (χ1n) is 6.51. The SMILES string of the molecule is CC1(CNc2nnc(Cc3ccc(Cl)cc3)s2)COC1. The van der Waals surface area contributed by atoms with Crippen molar-refractivity contribution in [3.8, 4) is 0 Å². The van der Waals surface area contributed by atoms with Crippen LogP contribution in [-0.2, 0) is 11.2 Å². The van der Waals surface area contributed by atoms with E-state index in [0.29, 0.717) is 0 Å². The smallest absolute Gasteiger partial charge is 0.205 e. The van der Waals surface area contributed by atoms with Crippen molar-refractivity contribution in [2.45, 2.75) is 13.3 Å². The average Bonchev–Trinajstić information content (AvgIpc) is 2.85. The van der Waals surface area contributed by atoms with Crippen LogP contribution in [0.5, 0.6) is 0 Å². The van der Waals surface area contributed by atoms with E-state index in [1.165, 1.54) is 5.56 Å². The topological polar surface area (TPSA) is 47.0 Å². The Hall–Kier alpha value is -1.17. The van der Waals surface area contributed by atoms with Crippen LogP contribution < -0.4 is 5.32 Å². The number of hydrogen-bond acceptors (Lipinski definition) is 5. The summed E-state index contributed by atoms with van der Waals surface area (Å²) in [4.78, 5) is 0. The fraction of sp³-hybridized carbons (Fsp3) is 0.429. The Labute approximate surface area is 127 Å². The van der Waals surface area contributed by atoms with E-state index in [1.54, 1.807) is 11.3 Å². The number of nitrogens with zero attached hydrogens (tertiary/aromatic N) is 2. The van der Waals surface area contributed by atoms with Crippen molar-refractivity contribution in [2.75, 3.05) is 25.1 Å². The van der Waals surface area contributed by atoms with Gasteiger partial charge in [0.05, 0.1) is 13.2 Å². The van der Waals surface area contributed by atoms with Gasteiger partial charge in [-0.1, -0.05) is 42.0 Å². The molecule has 1 aliphatic rings. The summed E-state index contributed by atoms with van der Waals surface area (Å²) in [5, 5.41) is 14.4. The van der Waals surface area contributed by atoms with Crippen LogP contribution in [0.25, 0.3) is 0 Å². The standard InChI is InChI=1S/C14H16ClN3OS/c1-14(8-19-9-14)7-16-13-18-17-12(20-13)6-10-2-4-11(15)5-3-10/h2-5H,6-9H2,1H3,(H,16,18). The summed E-state index contributed by atoms with van der Waals surface area (Å²) in [6, 6.07) is 7.83. The maximum Gasteiger partial charge on any atom is 0.205 e. The molecule has 0 radical (unpaired) electrons. The molecular formula is C14H16ClN3OS. The predicted molar refractivity (Wildman–Crippen MR) is 81.6 cm³/mol. The van der Waals surface area contributed by atoms with E-state index in [0.717, 1.165) is 41.3 Å². The highest BCUT2D eigenvalue weighted by atomic mass is 35.5. The number of nitrogens with one attached hydrogen (secondary N) is 1. The van der Waals surface area contributed by atoms with Crippen molar-refractivity contribution in [1.29, 1.82) is 0 Å². The molecular weight excluding hydrogens is 294 g/mol. The van der Waals surface area contributed by atoms with E-state index in [-0.39, 0.29) is 5.41 Å². The van der Waals surface area contributed by atoms with Gasteiger partial charge in [-0.15, -0.1) is 10.2 Å². The van der Waals surface area contributed by atoms with Gasteiger partial charge < -0.3 is 10.1 Å². The van der Waals surface area contributed by atoms with Crippen molar-refractivity contribution in [2.24, 2.45) is 5.41 Å². The molecule has 2 heterocycles. The summed E-state index contributed by atoms with van der Waals surface area (Å²) in [6.07, 6.45) is 0.789. The van der Waals surface area contributed by atoms with Crippen LogP contribution in [0.1, 0.15) is 17.5 Å². The van der Waals surface area contributed by atoms with Gasteiger partial charge in [-0.05, 0) is 17.7 Å². The summed E-state index contributed by atoms with van der Waals surface area (Å²) in [5.41, 5.74) is 1.43. The van der Waals surface area contributed by atoms with Gasteiger partial charge >= 0.3 is 0 Å². The van der Waals surface area contributed by atoms with Gasteiger partial charge in [0.15, 0.2) is 0 Å². The van der Waals surface area contributed by atoms with Crippen LogP contribution >= 0.6 is 22.9 Å². The fourth-order valence-corrected chi connectivity index (χ4v) is 2.91. The molecule has 4 nitrogen and oxygen atoms in total. The molecule has 1 saturated heterocycles. The molecule has 0 saturated carbocycles. The summed E-state index contributed by atoms with van der Waals surface area (Å²) < 4.78 is 5.24. The number of aromatic nitrogens is 2. The highest BCUT2D eigenvalue weighted by Gasteiger charge is 2.33. The number of hydrogen-bond donors (Lipinski definition) is 1. The van der Waals surface area contributed by atoms with Crippen LogP contribution in [0, 0.1) is 5.41 Å². The highest BCUT2D eigenvalue weighted by Crippen LogP contribution is 2.27. The third kappa shape index (κ3) is 3.29. The second-order valence-corrected chi connectivity index (χ2v) is 6.96.